The van der Waals surface area contributed by atoms with E-state index in [4.69, 9.17) is 9.52 Å². The van der Waals surface area contributed by atoms with Crippen LogP contribution in [0.5, 0.6) is 5.75 Å². The van der Waals surface area contributed by atoms with Gasteiger partial charge in [-0.3, -0.25) is 4.79 Å². The molecule has 0 radical (unpaired) electrons. The van der Waals surface area contributed by atoms with Crippen molar-refractivity contribution in [2.45, 2.75) is 6.42 Å². The smallest absolute Gasteiger partial charge is 0.254 e. The normalized spacial score (nSPS) is 10.4. The Morgan fingerprint density at radius 2 is 2.16 bits per heavy atom. The van der Waals surface area contributed by atoms with Crippen molar-refractivity contribution in [3.63, 3.8) is 0 Å². The molecule has 4 nitrogen and oxygen atoms in total. The zero-order chi connectivity index (χ0) is 13.8. The minimum absolute atomic E-state index is 0.0987. The molecule has 1 heterocycles. The van der Waals surface area contributed by atoms with Crippen LogP contribution in [-0.4, -0.2) is 17.6 Å². The first kappa shape index (κ1) is 13.6. The van der Waals surface area contributed by atoms with E-state index in [2.05, 4.69) is 21.2 Å². The van der Waals surface area contributed by atoms with Gasteiger partial charge in [-0.05, 0) is 40.2 Å². The Morgan fingerprint density at radius 1 is 1.37 bits per heavy atom. The number of phenolic OH excluding ortho intramolecular Hbond substituents is 1. The number of phenols is 1. The van der Waals surface area contributed by atoms with Crippen LogP contribution in [0.2, 0.25) is 0 Å². The fourth-order valence-electron chi connectivity index (χ4n) is 1.57. The molecule has 0 aliphatic heterocycles. The molecule has 0 saturated carbocycles. The third kappa shape index (κ3) is 3.57. The number of aromatic hydroxyl groups is 1. The van der Waals surface area contributed by atoms with Crippen LogP contribution in [0.15, 0.2) is 39.4 Å². The van der Waals surface area contributed by atoms with Gasteiger partial charge in [0.05, 0.1) is 5.56 Å². The van der Waals surface area contributed by atoms with Crippen molar-refractivity contribution in [3.8, 4) is 5.75 Å². The average molecular weight is 328 g/mol. The van der Waals surface area contributed by atoms with Crippen molar-refractivity contribution in [1.82, 2.24) is 5.32 Å². The highest BCUT2D eigenvalue weighted by Crippen LogP contribution is 2.15. The lowest BCUT2D eigenvalue weighted by Crippen LogP contribution is -2.26. The molecule has 6 heteroatoms. The standard InChI is InChI=1S/C13H11BrFNO3/c14-12-4-2-9(19-12)5-6-16-13(18)10-3-1-8(17)7-11(10)15/h1-4,7,17H,5-6H2,(H,16,18). The summed E-state index contributed by atoms with van der Waals surface area (Å²) in [6.45, 7) is 0.332. The Labute approximate surface area is 117 Å². The van der Waals surface area contributed by atoms with Crippen LogP contribution < -0.4 is 5.32 Å². The quantitative estimate of drug-likeness (QED) is 0.907. The summed E-state index contributed by atoms with van der Waals surface area (Å²) in [5.74, 6) is -0.769. The maximum atomic E-state index is 13.4. The highest BCUT2D eigenvalue weighted by Gasteiger charge is 2.11. The first-order valence-electron chi connectivity index (χ1n) is 5.57. The Balaban J connectivity index is 1.90. The molecular formula is C13H11BrFNO3. The van der Waals surface area contributed by atoms with Gasteiger partial charge in [-0.25, -0.2) is 4.39 Å². The van der Waals surface area contributed by atoms with E-state index in [9.17, 15) is 9.18 Å². The highest BCUT2D eigenvalue weighted by atomic mass is 79.9. The van der Waals surface area contributed by atoms with Gasteiger partial charge in [0, 0.05) is 19.0 Å². The van der Waals surface area contributed by atoms with E-state index in [1.807, 2.05) is 0 Å². The van der Waals surface area contributed by atoms with Gasteiger partial charge < -0.3 is 14.8 Å². The lowest BCUT2D eigenvalue weighted by atomic mass is 10.2. The van der Waals surface area contributed by atoms with Crippen LogP contribution in [0.4, 0.5) is 4.39 Å². The minimum Gasteiger partial charge on any atom is -0.508 e. The zero-order valence-corrected chi connectivity index (χ0v) is 11.4. The number of halogens is 2. The van der Waals surface area contributed by atoms with Crippen LogP contribution in [-0.2, 0) is 6.42 Å². The molecule has 2 rings (SSSR count). The molecular weight excluding hydrogens is 317 g/mol. The fraction of sp³-hybridized carbons (Fsp3) is 0.154. The van der Waals surface area contributed by atoms with Gasteiger partial charge in [0.2, 0.25) is 0 Å². The van der Waals surface area contributed by atoms with Gasteiger partial charge in [-0.1, -0.05) is 0 Å². The number of rotatable bonds is 4. The summed E-state index contributed by atoms with van der Waals surface area (Å²) < 4.78 is 19.3. The van der Waals surface area contributed by atoms with Crippen LogP contribution >= 0.6 is 15.9 Å². The third-order valence-corrected chi connectivity index (χ3v) is 2.91. The molecule has 1 amide bonds. The predicted octanol–water partition coefficient (Wildman–Crippen LogP) is 2.86. The molecule has 1 aromatic heterocycles. The summed E-state index contributed by atoms with van der Waals surface area (Å²) in [7, 11) is 0. The van der Waals surface area contributed by atoms with Crippen LogP contribution in [0.1, 0.15) is 16.1 Å². The summed E-state index contributed by atoms with van der Waals surface area (Å²) in [6, 6.07) is 6.96. The largest absolute Gasteiger partial charge is 0.508 e. The first-order chi connectivity index (χ1) is 9.06. The summed E-state index contributed by atoms with van der Waals surface area (Å²) in [5.41, 5.74) is -0.0987. The molecule has 2 aromatic rings. The van der Waals surface area contributed by atoms with Crippen LogP contribution in [0.25, 0.3) is 0 Å². The second-order valence-corrected chi connectivity index (χ2v) is 4.66. The number of benzene rings is 1. The van der Waals surface area contributed by atoms with Gasteiger partial charge in [-0.2, -0.15) is 0 Å². The van der Waals surface area contributed by atoms with Crippen molar-refractivity contribution in [2.24, 2.45) is 0 Å². The zero-order valence-electron chi connectivity index (χ0n) is 9.82. The van der Waals surface area contributed by atoms with Crippen LogP contribution in [0.3, 0.4) is 0 Å². The maximum Gasteiger partial charge on any atom is 0.254 e. The molecule has 0 saturated heterocycles. The van der Waals surface area contributed by atoms with Crippen LogP contribution in [0, 0.1) is 5.82 Å². The van der Waals surface area contributed by atoms with Gasteiger partial charge in [0.1, 0.15) is 17.3 Å². The molecule has 0 atom stereocenters. The van der Waals surface area contributed by atoms with Crippen molar-refractivity contribution >= 4 is 21.8 Å². The van der Waals surface area contributed by atoms with E-state index in [1.165, 1.54) is 12.1 Å². The summed E-state index contributed by atoms with van der Waals surface area (Å²) in [6.07, 6.45) is 0.511. The minimum atomic E-state index is -0.752. The van der Waals surface area contributed by atoms with Gasteiger partial charge in [0.25, 0.3) is 5.91 Å². The first-order valence-corrected chi connectivity index (χ1v) is 6.36. The second-order valence-electron chi connectivity index (χ2n) is 3.88. The molecule has 0 bridgehead atoms. The topological polar surface area (TPSA) is 62.5 Å². The number of furan rings is 1. The van der Waals surface area contributed by atoms with E-state index in [1.54, 1.807) is 12.1 Å². The Bertz CT molecular complexity index is 597. The molecule has 100 valence electrons. The number of nitrogens with one attached hydrogen (secondary N) is 1. The Hall–Kier alpha value is -1.82. The molecule has 0 aliphatic carbocycles. The van der Waals surface area contributed by atoms with Gasteiger partial charge >= 0.3 is 0 Å². The summed E-state index contributed by atoms with van der Waals surface area (Å²) in [4.78, 5) is 11.7. The number of amides is 1. The highest BCUT2D eigenvalue weighted by molar-refractivity contribution is 9.10. The van der Waals surface area contributed by atoms with Gasteiger partial charge in [0.15, 0.2) is 4.67 Å². The monoisotopic (exact) mass is 327 g/mol. The maximum absolute atomic E-state index is 13.4. The molecule has 0 fully saturated rings. The predicted molar refractivity (Wildman–Crippen MR) is 70.5 cm³/mol. The molecule has 2 N–H and O–H groups in total. The number of hydrogen-bond donors (Lipinski definition) is 2. The Kier molecular flexibility index (Phi) is 4.21. The number of carbonyl (C=O) groups excluding carboxylic acids is 1. The SMILES string of the molecule is O=C(NCCc1ccc(Br)o1)c1ccc(O)cc1F. The van der Waals surface area contributed by atoms with Crippen molar-refractivity contribution in [3.05, 3.63) is 52.1 Å². The van der Waals surface area contributed by atoms with E-state index < -0.39 is 11.7 Å². The average Bonchev–Trinajstić information content (AvgIpc) is 2.75. The third-order valence-electron chi connectivity index (χ3n) is 2.48. The molecule has 0 unspecified atom stereocenters. The fourth-order valence-corrected chi connectivity index (χ4v) is 1.91. The molecule has 1 aromatic carbocycles. The molecule has 0 aliphatic rings. The van der Waals surface area contributed by atoms with E-state index in [0.29, 0.717) is 17.6 Å². The number of hydrogen-bond acceptors (Lipinski definition) is 3. The van der Waals surface area contributed by atoms with Gasteiger partial charge in [-0.15, -0.1) is 0 Å². The lowest BCUT2D eigenvalue weighted by molar-refractivity contribution is 0.0949. The van der Waals surface area contributed by atoms with E-state index in [0.717, 1.165) is 11.8 Å². The van der Waals surface area contributed by atoms with Crippen molar-refractivity contribution in [2.75, 3.05) is 6.54 Å². The molecule has 19 heavy (non-hydrogen) atoms. The van der Waals surface area contributed by atoms with E-state index in [-0.39, 0.29) is 11.3 Å². The summed E-state index contributed by atoms with van der Waals surface area (Å²) >= 11 is 3.18. The van der Waals surface area contributed by atoms with E-state index >= 15 is 0 Å². The lowest BCUT2D eigenvalue weighted by Gasteiger charge is -2.05. The molecule has 0 spiro atoms. The van der Waals surface area contributed by atoms with Crippen molar-refractivity contribution < 1.29 is 18.7 Å². The number of carbonyl (C=O) groups is 1. The second kappa shape index (κ2) is 5.88. The summed E-state index contributed by atoms with van der Waals surface area (Å²) in [5, 5.41) is 11.6. The Morgan fingerprint density at radius 3 is 2.79 bits per heavy atom. The van der Waals surface area contributed by atoms with Crippen molar-refractivity contribution in [1.29, 1.82) is 0 Å².